The lowest BCUT2D eigenvalue weighted by Crippen LogP contribution is -2.44. The van der Waals surface area contributed by atoms with Crippen molar-refractivity contribution in [3.8, 4) is 0 Å². The molecule has 1 aliphatic carbocycles. The van der Waals surface area contributed by atoms with Crippen LogP contribution in [0.3, 0.4) is 0 Å². The van der Waals surface area contributed by atoms with E-state index in [1.165, 1.54) is 64.7 Å². The number of nitrogens with zero attached hydrogens (tertiary/aromatic N) is 1. The highest BCUT2D eigenvalue weighted by Crippen LogP contribution is 2.37. The van der Waals surface area contributed by atoms with Crippen molar-refractivity contribution in [2.75, 3.05) is 46.9 Å². The number of ether oxygens (including phenoxy) is 1. The van der Waals surface area contributed by atoms with E-state index in [-0.39, 0.29) is 0 Å². The summed E-state index contributed by atoms with van der Waals surface area (Å²) in [6, 6.07) is 0. The van der Waals surface area contributed by atoms with Crippen molar-refractivity contribution in [2.45, 2.75) is 38.5 Å². The summed E-state index contributed by atoms with van der Waals surface area (Å²) in [6.45, 7) is 5.96. The summed E-state index contributed by atoms with van der Waals surface area (Å²) in [6.07, 6.45) is 8.45. The summed E-state index contributed by atoms with van der Waals surface area (Å²) in [4.78, 5) is 2.69. The number of nitrogens with one attached hydrogen (secondary N) is 1. The molecule has 1 atom stereocenters. The highest BCUT2D eigenvalue weighted by Gasteiger charge is 2.35. The van der Waals surface area contributed by atoms with E-state index in [1.54, 1.807) is 0 Å². The molecule has 0 amide bonds. The van der Waals surface area contributed by atoms with Crippen molar-refractivity contribution < 1.29 is 4.74 Å². The molecule has 3 nitrogen and oxygen atoms in total. The summed E-state index contributed by atoms with van der Waals surface area (Å²) in [5.74, 6) is 0.769. The predicted octanol–water partition coefficient (Wildman–Crippen LogP) is 2.12. The van der Waals surface area contributed by atoms with Crippen LogP contribution in [-0.2, 0) is 4.74 Å². The van der Waals surface area contributed by atoms with E-state index in [2.05, 4.69) is 17.3 Å². The Hall–Kier alpha value is -0.120. The van der Waals surface area contributed by atoms with Gasteiger partial charge in [0.1, 0.15) is 0 Å². The molecule has 2 rings (SSSR count). The zero-order valence-corrected chi connectivity index (χ0v) is 12.2. The molecule has 1 heterocycles. The summed E-state index contributed by atoms with van der Waals surface area (Å²) in [5, 5.41) is 3.44. The van der Waals surface area contributed by atoms with E-state index < -0.39 is 0 Å². The van der Waals surface area contributed by atoms with Crippen molar-refractivity contribution >= 4 is 0 Å². The number of hydrogen-bond acceptors (Lipinski definition) is 3. The first-order chi connectivity index (χ1) is 8.78. The van der Waals surface area contributed by atoms with Crippen LogP contribution < -0.4 is 5.32 Å². The Kier molecular flexibility index (Phi) is 5.46. The number of likely N-dealkylation sites (tertiary alicyclic amines) is 1. The lowest BCUT2D eigenvalue weighted by molar-refractivity contribution is 0.108. The highest BCUT2D eigenvalue weighted by molar-refractivity contribution is 4.89. The molecule has 3 heteroatoms. The van der Waals surface area contributed by atoms with Crippen LogP contribution in [0, 0.1) is 11.3 Å². The predicted molar refractivity (Wildman–Crippen MR) is 75.9 cm³/mol. The van der Waals surface area contributed by atoms with E-state index in [4.69, 9.17) is 4.74 Å². The van der Waals surface area contributed by atoms with Crippen LogP contribution in [-0.4, -0.2) is 51.8 Å². The minimum absolute atomic E-state index is 0.551. The summed E-state index contributed by atoms with van der Waals surface area (Å²) in [5.41, 5.74) is 0.551. The Morgan fingerprint density at radius 2 is 2.06 bits per heavy atom. The first-order valence-corrected chi connectivity index (χ1v) is 7.64. The van der Waals surface area contributed by atoms with Gasteiger partial charge in [-0.3, -0.25) is 0 Å². The molecular weight excluding hydrogens is 224 g/mol. The maximum Gasteiger partial charge on any atom is 0.0503 e. The van der Waals surface area contributed by atoms with Gasteiger partial charge in [0.15, 0.2) is 0 Å². The lowest BCUT2D eigenvalue weighted by Gasteiger charge is -2.40. The van der Waals surface area contributed by atoms with Gasteiger partial charge >= 0.3 is 0 Å². The summed E-state index contributed by atoms with van der Waals surface area (Å²) >= 11 is 0. The van der Waals surface area contributed by atoms with Crippen LogP contribution >= 0.6 is 0 Å². The molecule has 1 unspecified atom stereocenters. The minimum Gasteiger partial charge on any atom is -0.384 e. The van der Waals surface area contributed by atoms with Gasteiger partial charge in [-0.1, -0.05) is 19.3 Å². The van der Waals surface area contributed by atoms with Crippen molar-refractivity contribution in [1.82, 2.24) is 10.2 Å². The molecule has 0 spiro atoms. The highest BCUT2D eigenvalue weighted by atomic mass is 16.5. The fourth-order valence-electron chi connectivity index (χ4n) is 3.97. The molecule has 2 fully saturated rings. The van der Waals surface area contributed by atoms with E-state index in [0.717, 1.165) is 12.5 Å². The van der Waals surface area contributed by atoms with Gasteiger partial charge in [-0.05, 0) is 44.2 Å². The Morgan fingerprint density at radius 3 is 2.72 bits per heavy atom. The Labute approximate surface area is 112 Å². The van der Waals surface area contributed by atoms with Crippen LogP contribution in [0.4, 0.5) is 0 Å². The van der Waals surface area contributed by atoms with Crippen molar-refractivity contribution in [3.63, 3.8) is 0 Å². The third-order valence-corrected chi connectivity index (χ3v) is 4.80. The molecule has 106 valence electrons. The van der Waals surface area contributed by atoms with E-state index in [0.29, 0.717) is 5.41 Å². The van der Waals surface area contributed by atoms with Crippen LogP contribution in [0.15, 0.2) is 0 Å². The summed E-state index contributed by atoms with van der Waals surface area (Å²) < 4.78 is 5.30. The van der Waals surface area contributed by atoms with Gasteiger partial charge < -0.3 is 15.0 Å². The quantitative estimate of drug-likeness (QED) is 0.786. The normalized spacial score (nSPS) is 28.7. The third-order valence-electron chi connectivity index (χ3n) is 4.80. The van der Waals surface area contributed by atoms with Crippen molar-refractivity contribution in [2.24, 2.45) is 11.3 Å². The minimum atomic E-state index is 0.551. The fourth-order valence-corrected chi connectivity index (χ4v) is 3.97. The molecule has 1 saturated heterocycles. The number of rotatable bonds is 6. The van der Waals surface area contributed by atoms with Crippen LogP contribution in [0.2, 0.25) is 0 Å². The summed E-state index contributed by atoms with van der Waals surface area (Å²) in [7, 11) is 3.93. The number of hydrogen-bond donors (Lipinski definition) is 1. The molecule has 0 radical (unpaired) electrons. The van der Waals surface area contributed by atoms with Crippen molar-refractivity contribution in [3.05, 3.63) is 0 Å². The standard InChI is InChI=1S/C15H30N2O/c1-16-12-15(7-4-3-5-8-15)13-17-9-6-14(10-17)11-18-2/h14,16H,3-13H2,1-2H3. The SMILES string of the molecule is CNCC1(CN2CCC(COC)C2)CCCCC1. The number of methoxy groups -OCH3 is 1. The molecule has 18 heavy (non-hydrogen) atoms. The van der Waals surface area contributed by atoms with Gasteiger partial charge in [-0.2, -0.15) is 0 Å². The van der Waals surface area contributed by atoms with Crippen LogP contribution in [0.25, 0.3) is 0 Å². The second-order valence-electron chi connectivity index (χ2n) is 6.44. The largest absolute Gasteiger partial charge is 0.384 e. The molecule has 0 aromatic carbocycles. The van der Waals surface area contributed by atoms with Gasteiger partial charge in [-0.25, -0.2) is 0 Å². The Morgan fingerprint density at radius 1 is 1.28 bits per heavy atom. The molecule has 0 aromatic heterocycles. The van der Waals surface area contributed by atoms with Gasteiger partial charge in [-0.15, -0.1) is 0 Å². The molecule has 2 aliphatic rings. The van der Waals surface area contributed by atoms with Gasteiger partial charge in [0.2, 0.25) is 0 Å². The topological polar surface area (TPSA) is 24.5 Å². The van der Waals surface area contributed by atoms with Crippen LogP contribution in [0.1, 0.15) is 38.5 Å². The molecule has 0 aromatic rings. The monoisotopic (exact) mass is 254 g/mol. The van der Waals surface area contributed by atoms with Crippen LogP contribution in [0.5, 0.6) is 0 Å². The third kappa shape index (κ3) is 3.69. The Bertz CT molecular complexity index is 233. The van der Waals surface area contributed by atoms with Gasteiger partial charge in [0, 0.05) is 26.7 Å². The molecular formula is C15H30N2O. The average Bonchev–Trinajstić information content (AvgIpc) is 2.78. The first-order valence-electron chi connectivity index (χ1n) is 7.64. The molecule has 1 N–H and O–H groups in total. The smallest absolute Gasteiger partial charge is 0.0503 e. The fraction of sp³-hybridized carbons (Fsp3) is 1.00. The van der Waals surface area contributed by atoms with Crippen molar-refractivity contribution in [1.29, 1.82) is 0 Å². The van der Waals surface area contributed by atoms with Gasteiger partial charge in [0.05, 0.1) is 6.61 Å². The Balaban J connectivity index is 1.85. The molecule has 0 bridgehead atoms. The molecule has 1 saturated carbocycles. The van der Waals surface area contributed by atoms with E-state index >= 15 is 0 Å². The van der Waals surface area contributed by atoms with Gasteiger partial charge in [0.25, 0.3) is 0 Å². The molecule has 1 aliphatic heterocycles. The lowest BCUT2D eigenvalue weighted by atomic mass is 9.73. The maximum atomic E-state index is 5.30. The zero-order valence-electron chi connectivity index (χ0n) is 12.2. The van der Waals surface area contributed by atoms with E-state index in [9.17, 15) is 0 Å². The zero-order chi connectivity index (χ0) is 12.8. The maximum absolute atomic E-state index is 5.30. The first kappa shape index (κ1) is 14.3. The average molecular weight is 254 g/mol. The second-order valence-corrected chi connectivity index (χ2v) is 6.44. The van der Waals surface area contributed by atoms with E-state index in [1.807, 2.05) is 7.11 Å². The second kappa shape index (κ2) is 6.88.